The van der Waals surface area contributed by atoms with Gasteiger partial charge in [-0.25, -0.2) is 18.6 Å². The number of alkyl halides is 2. The fourth-order valence-corrected chi connectivity index (χ4v) is 5.45. The number of nitrogens with one attached hydrogen (secondary N) is 3. The molecule has 2 aromatic heterocycles. The first-order valence-corrected chi connectivity index (χ1v) is 12.2. The number of carbonyl (C=O) groups excluding carboxylic acids is 3. The molecule has 1 aliphatic carbocycles. The average molecular weight is 502 g/mol. The van der Waals surface area contributed by atoms with E-state index in [-0.39, 0.29) is 29.8 Å². The van der Waals surface area contributed by atoms with Gasteiger partial charge in [-0.1, -0.05) is 6.08 Å². The molecule has 2 aromatic rings. The van der Waals surface area contributed by atoms with Gasteiger partial charge < -0.3 is 15.5 Å². The smallest absolute Gasteiger partial charge is 0.326 e. The van der Waals surface area contributed by atoms with Gasteiger partial charge in [0.25, 0.3) is 17.7 Å². The first kappa shape index (κ1) is 22.0. The van der Waals surface area contributed by atoms with Crippen LogP contribution in [0.5, 0.6) is 0 Å². The Morgan fingerprint density at radius 3 is 2.80 bits per heavy atom. The summed E-state index contributed by atoms with van der Waals surface area (Å²) in [6, 6.07) is 1.63. The van der Waals surface area contributed by atoms with Crippen LogP contribution in [0.1, 0.15) is 42.2 Å². The maximum absolute atomic E-state index is 13.6. The molecule has 0 bridgehead atoms. The van der Waals surface area contributed by atoms with Gasteiger partial charge in [-0.05, 0) is 25.3 Å². The molecule has 0 radical (unpaired) electrons. The van der Waals surface area contributed by atoms with Crippen LogP contribution in [-0.4, -0.2) is 62.4 Å². The van der Waals surface area contributed by atoms with Crippen LogP contribution in [0.3, 0.4) is 0 Å². The fraction of sp³-hybridized carbons (Fsp3) is 0.409. The molecule has 35 heavy (non-hydrogen) atoms. The molecule has 10 nitrogen and oxygen atoms in total. The number of hydrogen-bond acceptors (Lipinski definition) is 7. The molecule has 1 atom stereocenters. The molecule has 2 saturated heterocycles. The average Bonchev–Trinajstić information content (AvgIpc) is 3.15. The topological polar surface area (TPSA) is 121 Å². The number of fused-ring (bicyclic) bond motifs is 1. The van der Waals surface area contributed by atoms with E-state index in [1.807, 2.05) is 6.07 Å². The number of imide groups is 1. The number of allylic oxidation sites excluding steroid dienone is 1. The second-order valence-electron chi connectivity index (χ2n) is 9.03. The van der Waals surface area contributed by atoms with Crippen LogP contribution < -0.4 is 16.0 Å². The van der Waals surface area contributed by atoms with Crippen molar-refractivity contribution in [1.29, 1.82) is 0 Å². The third-order valence-electron chi connectivity index (χ3n) is 6.25. The van der Waals surface area contributed by atoms with Gasteiger partial charge in [0, 0.05) is 30.6 Å². The van der Waals surface area contributed by atoms with Crippen molar-refractivity contribution in [2.75, 3.05) is 18.4 Å². The van der Waals surface area contributed by atoms with E-state index in [4.69, 9.17) is 4.98 Å². The molecule has 3 fully saturated rings. The summed E-state index contributed by atoms with van der Waals surface area (Å²) >= 11 is 1.32. The highest BCUT2D eigenvalue weighted by Crippen LogP contribution is 2.45. The predicted octanol–water partition coefficient (Wildman–Crippen LogP) is 2.41. The zero-order valence-corrected chi connectivity index (χ0v) is 19.2. The van der Waals surface area contributed by atoms with Crippen molar-refractivity contribution >= 4 is 47.1 Å². The quantitative estimate of drug-likeness (QED) is 0.425. The van der Waals surface area contributed by atoms with Gasteiger partial charge in [0.05, 0.1) is 28.6 Å². The summed E-state index contributed by atoms with van der Waals surface area (Å²) in [5, 5.41) is 12.3. The number of halogens is 2. The fourth-order valence-electron chi connectivity index (χ4n) is 4.29. The maximum atomic E-state index is 13.6. The molecule has 6 rings (SSSR count). The molecule has 0 spiro atoms. The summed E-state index contributed by atoms with van der Waals surface area (Å²) in [6.07, 6.45) is 7.17. The Morgan fingerprint density at radius 2 is 2.11 bits per heavy atom. The highest BCUT2D eigenvalue weighted by atomic mass is 32.2. The molecular formula is C22H21F2N7O3S. The highest BCUT2D eigenvalue weighted by Gasteiger charge is 2.42. The van der Waals surface area contributed by atoms with Crippen LogP contribution in [0.15, 0.2) is 28.9 Å². The number of nitrogens with zero attached hydrogens (tertiary/aromatic N) is 4. The maximum Gasteiger partial charge on any atom is 0.326 e. The number of urea groups is 1. The Bertz CT molecular complexity index is 1330. The second-order valence-corrected chi connectivity index (χ2v) is 10.3. The van der Waals surface area contributed by atoms with Crippen molar-refractivity contribution in [3.63, 3.8) is 0 Å². The third-order valence-corrected chi connectivity index (χ3v) is 7.57. The van der Waals surface area contributed by atoms with Crippen LogP contribution in [0.25, 0.3) is 11.7 Å². The van der Waals surface area contributed by atoms with Crippen molar-refractivity contribution in [3.8, 4) is 0 Å². The van der Waals surface area contributed by atoms with Crippen LogP contribution in [0.4, 0.5) is 19.4 Å². The Labute approximate surface area is 202 Å². The number of aromatic nitrogens is 3. The predicted molar refractivity (Wildman–Crippen MR) is 123 cm³/mol. The van der Waals surface area contributed by atoms with E-state index < -0.39 is 24.4 Å². The largest absolute Gasteiger partial charge is 0.367 e. The number of carbonyl (C=O) groups is 3. The van der Waals surface area contributed by atoms with E-state index in [1.165, 1.54) is 22.7 Å². The van der Waals surface area contributed by atoms with Gasteiger partial charge in [0.15, 0.2) is 5.65 Å². The number of thioether (sulfide) groups is 1. The minimum absolute atomic E-state index is 0.0477. The van der Waals surface area contributed by atoms with Crippen molar-refractivity contribution in [2.24, 2.45) is 0 Å². The molecule has 4 amide bonds. The summed E-state index contributed by atoms with van der Waals surface area (Å²) in [6.45, 7) is -0.502. The summed E-state index contributed by atoms with van der Waals surface area (Å²) in [5.41, 5.74) is 1.84. The van der Waals surface area contributed by atoms with Gasteiger partial charge in [-0.3, -0.25) is 14.9 Å². The van der Waals surface area contributed by atoms with Gasteiger partial charge in [-0.2, -0.15) is 9.61 Å². The van der Waals surface area contributed by atoms with Crippen molar-refractivity contribution in [1.82, 2.24) is 30.1 Å². The van der Waals surface area contributed by atoms with Gasteiger partial charge in [0.2, 0.25) is 0 Å². The molecule has 3 aliphatic heterocycles. The van der Waals surface area contributed by atoms with Gasteiger partial charge >= 0.3 is 6.03 Å². The summed E-state index contributed by atoms with van der Waals surface area (Å²) < 4.78 is 28.8. The monoisotopic (exact) mass is 501 g/mol. The molecule has 13 heteroatoms. The molecular weight excluding hydrogens is 480 g/mol. The first-order chi connectivity index (χ1) is 16.8. The Hall–Kier alpha value is -3.48. The minimum Gasteiger partial charge on any atom is -0.367 e. The van der Waals surface area contributed by atoms with Crippen molar-refractivity contribution < 1.29 is 23.2 Å². The Kier molecular flexibility index (Phi) is 5.06. The standard InChI is InChI=1S/C22H21F2N7O3S/c23-22(24)5-6-30(10-22)20(33)16-4-3-15(35-16)13-8-17(26-12-1-2-12)31-18(27-13)11(9-25-31)7-14-19(32)29-21(34)28-14/h4,7-9,12,15,26H,1-3,5-6,10H2,(H2,28,29,32,34)/b14-7-. The summed E-state index contributed by atoms with van der Waals surface area (Å²) in [4.78, 5) is 42.7. The lowest BCUT2D eigenvalue weighted by Gasteiger charge is -2.17. The van der Waals surface area contributed by atoms with E-state index in [1.54, 1.807) is 16.8 Å². The number of hydrogen-bond donors (Lipinski definition) is 3. The number of amides is 4. The van der Waals surface area contributed by atoms with E-state index >= 15 is 0 Å². The van der Waals surface area contributed by atoms with E-state index in [2.05, 4.69) is 21.0 Å². The molecule has 1 unspecified atom stereocenters. The molecule has 3 N–H and O–H groups in total. The zero-order valence-electron chi connectivity index (χ0n) is 18.4. The van der Waals surface area contributed by atoms with Crippen LogP contribution in [0.2, 0.25) is 0 Å². The molecule has 1 saturated carbocycles. The van der Waals surface area contributed by atoms with E-state index in [9.17, 15) is 23.2 Å². The van der Waals surface area contributed by atoms with Crippen molar-refractivity contribution in [2.45, 2.75) is 42.9 Å². The summed E-state index contributed by atoms with van der Waals surface area (Å²) in [5.74, 6) is -3.01. The second kappa shape index (κ2) is 8.04. The van der Waals surface area contributed by atoms with Crippen LogP contribution >= 0.6 is 11.8 Å². The van der Waals surface area contributed by atoms with E-state index in [0.717, 1.165) is 18.7 Å². The van der Waals surface area contributed by atoms with Crippen molar-refractivity contribution in [3.05, 3.63) is 40.2 Å². The highest BCUT2D eigenvalue weighted by molar-refractivity contribution is 8.04. The van der Waals surface area contributed by atoms with Crippen LogP contribution in [0, 0.1) is 0 Å². The van der Waals surface area contributed by atoms with E-state index in [0.29, 0.717) is 34.3 Å². The first-order valence-electron chi connectivity index (χ1n) is 11.3. The number of anilines is 1. The van der Waals surface area contributed by atoms with Gasteiger partial charge in [-0.15, -0.1) is 11.8 Å². The molecule has 5 heterocycles. The molecule has 0 aromatic carbocycles. The lowest BCUT2D eigenvalue weighted by molar-refractivity contribution is -0.126. The zero-order chi connectivity index (χ0) is 24.3. The van der Waals surface area contributed by atoms with Crippen LogP contribution in [-0.2, 0) is 9.59 Å². The normalized spacial score (nSPS) is 24.7. The van der Waals surface area contributed by atoms with Gasteiger partial charge in [0.1, 0.15) is 11.5 Å². The third kappa shape index (κ3) is 4.24. The number of rotatable bonds is 5. The molecule has 182 valence electrons. The Morgan fingerprint density at radius 1 is 1.29 bits per heavy atom. The lowest BCUT2D eigenvalue weighted by atomic mass is 10.2. The number of likely N-dealkylation sites (tertiary alicyclic amines) is 1. The molecule has 4 aliphatic rings. The lowest BCUT2D eigenvalue weighted by Crippen LogP contribution is -2.31. The summed E-state index contributed by atoms with van der Waals surface area (Å²) in [7, 11) is 0. The Balaban J connectivity index is 1.29. The SMILES string of the molecule is O=C1NC(=O)/C(=C/c2cnn3c(NC4CC4)cc(C4CC=C(C(=O)N5CCC(F)(F)C5)S4)nc23)N1. The minimum atomic E-state index is -2.84.